The predicted octanol–water partition coefficient (Wildman–Crippen LogP) is 2.38. The first-order valence-electron chi connectivity index (χ1n) is 8.24. The second-order valence-electron chi connectivity index (χ2n) is 5.85. The minimum absolute atomic E-state index is 0.0637. The van der Waals surface area contributed by atoms with Crippen LogP contribution in [0.4, 0.5) is 25.4 Å². The smallest absolute Gasteiger partial charge is 0.277 e. The number of hydrogen-bond acceptors (Lipinski definition) is 8. The Morgan fingerprint density at radius 2 is 2.00 bits per heavy atom. The zero-order valence-electron chi connectivity index (χ0n) is 15.3. The molecule has 3 rings (SSSR count). The van der Waals surface area contributed by atoms with Gasteiger partial charge >= 0.3 is 0 Å². The lowest BCUT2D eigenvalue weighted by Gasteiger charge is -2.08. The summed E-state index contributed by atoms with van der Waals surface area (Å²) < 4.78 is 26.3. The van der Waals surface area contributed by atoms with Crippen LogP contribution in [0.25, 0.3) is 0 Å². The van der Waals surface area contributed by atoms with Gasteiger partial charge in [0, 0.05) is 10.9 Å². The first-order valence-corrected chi connectivity index (χ1v) is 10.1. The first-order chi connectivity index (χ1) is 14.2. The summed E-state index contributed by atoms with van der Waals surface area (Å²) in [6.45, 7) is 1.80. The molecule has 0 unspecified atom stereocenters. The van der Waals surface area contributed by atoms with Crippen molar-refractivity contribution in [3.8, 4) is 0 Å². The van der Waals surface area contributed by atoms with Gasteiger partial charge in [-0.3, -0.25) is 19.4 Å². The molecule has 2 amide bonds. The first kappa shape index (κ1) is 21.4. The number of anilines is 3. The van der Waals surface area contributed by atoms with E-state index in [1.54, 1.807) is 12.3 Å². The molecular formula is C17H14F2N6O3S2. The molecular weight excluding hydrogens is 438 g/mol. The van der Waals surface area contributed by atoms with Crippen molar-refractivity contribution in [1.29, 1.82) is 0 Å². The Labute approximate surface area is 176 Å². The Morgan fingerprint density at radius 1 is 1.23 bits per heavy atom. The zero-order valence-corrected chi connectivity index (χ0v) is 16.9. The fraction of sp³-hybridized carbons (Fsp3) is 0.118. The standard InChI is InChI=1S/C17H14F2N6O3S2/c1-7-5-29-16(21-7)22-11(26)6-30-17-24-13(20)12(15(28)25-17)23-14(27)8-2-3-9(18)10(19)4-8/h2-5H,6H2,1H3,(H,23,27)(H,21,22,26)(H3,20,24,25,28). The highest BCUT2D eigenvalue weighted by Crippen LogP contribution is 2.19. The molecule has 5 N–H and O–H groups in total. The van der Waals surface area contributed by atoms with Crippen molar-refractivity contribution in [2.45, 2.75) is 12.1 Å². The van der Waals surface area contributed by atoms with Crippen LogP contribution < -0.4 is 21.9 Å². The molecule has 0 spiro atoms. The Balaban J connectivity index is 1.66. The van der Waals surface area contributed by atoms with Crippen LogP contribution >= 0.6 is 23.1 Å². The SMILES string of the molecule is Cc1csc(NC(=O)CSc2nc(N)c(NC(=O)c3ccc(F)c(F)c3)c(=O)[nH]2)n1. The van der Waals surface area contributed by atoms with Crippen molar-refractivity contribution >= 4 is 51.5 Å². The summed E-state index contributed by atoms with van der Waals surface area (Å²) in [5, 5.41) is 7.13. The molecule has 0 fully saturated rings. The minimum atomic E-state index is -1.21. The zero-order chi connectivity index (χ0) is 21.8. The number of halogens is 2. The van der Waals surface area contributed by atoms with E-state index in [1.165, 1.54) is 11.3 Å². The summed E-state index contributed by atoms with van der Waals surface area (Å²) in [5.74, 6) is -3.91. The Bertz CT molecular complexity index is 1180. The van der Waals surface area contributed by atoms with E-state index >= 15 is 0 Å². The maximum Gasteiger partial charge on any atom is 0.277 e. The third kappa shape index (κ3) is 5.18. The molecule has 0 aliphatic carbocycles. The summed E-state index contributed by atoms with van der Waals surface area (Å²) in [7, 11) is 0. The maximum atomic E-state index is 13.3. The van der Waals surface area contributed by atoms with Gasteiger partial charge in [-0.1, -0.05) is 11.8 Å². The monoisotopic (exact) mass is 452 g/mol. The molecule has 2 heterocycles. The number of amides is 2. The summed E-state index contributed by atoms with van der Waals surface area (Å²) in [4.78, 5) is 46.8. The number of carbonyl (C=O) groups is 2. The van der Waals surface area contributed by atoms with Crippen molar-refractivity contribution in [3.63, 3.8) is 0 Å². The van der Waals surface area contributed by atoms with E-state index in [9.17, 15) is 23.2 Å². The Hall–Kier alpha value is -3.32. The second kappa shape index (κ2) is 9.00. The number of nitrogens with zero attached hydrogens (tertiary/aromatic N) is 2. The van der Waals surface area contributed by atoms with E-state index in [0.29, 0.717) is 11.2 Å². The van der Waals surface area contributed by atoms with Gasteiger partial charge in [-0.15, -0.1) is 11.3 Å². The molecule has 156 valence electrons. The average Bonchev–Trinajstić information content (AvgIpc) is 3.09. The van der Waals surface area contributed by atoms with Crippen molar-refractivity contribution < 1.29 is 18.4 Å². The van der Waals surface area contributed by atoms with Crippen LogP contribution in [0.3, 0.4) is 0 Å². The number of thiazole rings is 1. The lowest BCUT2D eigenvalue weighted by atomic mass is 10.2. The Morgan fingerprint density at radius 3 is 2.63 bits per heavy atom. The molecule has 0 radical (unpaired) electrons. The number of aryl methyl sites for hydroxylation is 1. The summed E-state index contributed by atoms with van der Waals surface area (Å²) in [6.07, 6.45) is 0. The second-order valence-corrected chi connectivity index (χ2v) is 7.67. The van der Waals surface area contributed by atoms with Crippen molar-refractivity contribution in [2.24, 2.45) is 0 Å². The van der Waals surface area contributed by atoms with Gasteiger partial charge in [-0.25, -0.2) is 18.7 Å². The number of nitrogens with one attached hydrogen (secondary N) is 3. The van der Waals surface area contributed by atoms with Crippen LogP contribution in [0.5, 0.6) is 0 Å². The topological polar surface area (TPSA) is 143 Å². The number of hydrogen-bond donors (Lipinski definition) is 4. The molecule has 0 saturated carbocycles. The van der Waals surface area contributed by atoms with Gasteiger partial charge in [-0.2, -0.15) is 0 Å². The summed E-state index contributed by atoms with van der Waals surface area (Å²) in [6, 6.07) is 2.53. The molecule has 0 aliphatic heterocycles. The summed E-state index contributed by atoms with van der Waals surface area (Å²) >= 11 is 2.21. The van der Waals surface area contributed by atoms with Crippen LogP contribution in [-0.4, -0.2) is 32.5 Å². The van der Waals surface area contributed by atoms with Crippen LogP contribution in [0.1, 0.15) is 16.1 Å². The van der Waals surface area contributed by atoms with Gasteiger partial charge in [0.2, 0.25) is 5.91 Å². The van der Waals surface area contributed by atoms with Crippen molar-refractivity contribution in [3.05, 3.63) is 56.8 Å². The van der Waals surface area contributed by atoms with E-state index < -0.39 is 23.1 Å². The highest BCUT2D eigenvalue weighted by molar-refractivity contribution is 7.99. The number of benzene rings is 1. The number of nitrogens with two attached hydrogens (primary N) is 1. The van der Waals surface area contributed by atoms with E-state index in [1.807, 2.05) is 0 Å². The van der Waals surface area contributed by atoms with Crippen molar-refractivity contribution in [2.75, 3.05) is 22.1 Å². The largest absolute Gasteiger partial charge is 0.382 e. The van der Waals surface area contributed by atoms with Crippen molar-refractivity contribution in [1.82, 2.24) is 15.0 Å². The fourth-order valence-electron chi connectivity index (χ4n) is 2.18. The lowest BCUT2D eigenvalue weighted by Crippen LogP contribution is -2.23. The van der Waals surface area contributed by atoms with Crippen LogP contribution in [-0.2, 0) is 4.79 Å². The van der Waals surface area contributed by atoms with Gasteiger partial charge in [-0.05, 0) is 25.1 Å². The predicted molar refractivity (Wildman–Crippen MR) is 110 cm³/mol. The number of aromatic amines is 1. The van der Waals surface area contributed by atoms with E-state index in [0.717, 1.165) is 29.6 Å². The normalized spacial score (nSPS) is 10.6. The number of H-pyrrole nitrogens is 1. The fourth-order valence-corrected chi connectivity index (χ4v) is 3.55. The molecule has 13 heteroatoms. The van der Waals surface area contributed by atoms with Gasteiger partial charge in [0.1, 0.15) is 5.69 Å². The molecule has 0 atom stereocenters. The van der Waals surface area contributed by atoms with E-state index in [2.05, 4.69) is 25.6 Å². The number of rotatable bonds is 6. The lowest BCUT2D eigenvalue weighted by molar-refractivity contribution is -0.113. The van der Waals surface area contributed by atoms with E-state index in [-0.39, 0.29) is 33.9 Å². The van der Waals surface area contributed by atoms with Gasteiger partial charge in [0.25, 0.3) is 11.5 Å². The van der Waals surface area contributed by atoms with Gasteiger partial charge < -0.3 is 16.4 Å². The maximum absolute atomic E-state index is 13.3. The molecule has 3 aromatic rings. The molecule has 9 nitrogen and oxygen atoms in total. The molecule has 0 bridgehead atoms. The highest BCUT2D eigenvalue weighted by Gasteiger charge is 2.16. The third-order valence-electron chi connectivity index (χ3n) is 3.55. The molecule has 1 aromatic carbocycles. The highest BCUT2D eigenvalue weighted by atomic mass is 32.2. The third-order valence-corrected chi connectivity index (χ3v) is 5.30. The number of nitrogen functional groups attached to an aromatic ring is 1. The number of aromatic nitrogens is 3. The minimum Gasteiger partial charge on any atom is -0.382 e. The molecule has 0 saturated heterocycles. The average molecular weight is 452 g/mol. The van der Waals surface area contributed by atoms with Crippen LogP contribution in [0.15, 0.2) is 33.5 Å². The van der Waals surface area contributed by atoms with Crippen LogP contribution in [0, 0.1) is 18.6 Å². The molecule has 2 aromatic heterocycles. The van der Waals surface area contributed by atoms with Gasteiger partial charge in [0.15, 0.2) is 27.7 Å². The Kier molecular flexibility index (Phi) is 6.42. The molecule has 30 heavy (non-hydrogen) atoms. The van der Waals surface area contributed by atoms with E-state index in [4.69, 9.17) is 5.73 Å². The summed E-state index contributed by atoms with van der Waals surface area (Å²) in [5.41, 5.74) is 5.19. The number of thioether (sulfide) groups is 1. The number of carbonyl (C=O) groups excluding carboxylic acids is 2. The quantitative estimate of drug-likeness (QED) is 0.332. The van der Waals surface area contributed by atoms with Gasteiger partial charge in [0.05, 0.1) is 11.4 Å². The van der Waals surface area contributed by atoms with Crippen LogP contribution in [0.2, 0.25) is 0 Å². The molecule has 0 aliphatic rings.